The minimum absolute atomic E-state index is 0.271. The number of benzene rings is 1. The van der Waals surface area contributed by atoms with Gasteiger partial charge in [-0.25, -0.2) is 0 Å². The summed E-state index contributed by atoms with van der Waals surface area (Å²) in [6, 6.07) is 8.88. The van der Waals surface area contributed by atoms with Crippen LogP contribution >= 0.6 is 0 Å². The molecule has 0 aliphatic carbocycles. The van der Waals surface area contributed by atoms with Crippen LogP contribution in [0, 0.1) is 0 Å². The van der Waals surface area contributed by atoms with E-state index in [0.717, 1.165) is 13.1 Å². The van der Waals surface area contributed by atoms with Gasteiger partial charge in [-0.1, -0.05) is 45.4 Å². The largest absolute Gasteiger partial charge is 0.369 e. The molecule has 0 aromatic heterocycles. The van der Waals surface area contributed by atoms with E-state index in [9.17, 15) is 0 Å². The summed E-state index contributed by atoms with van der Waals surface area (Å²) in [5.41, 5.74) is 3.15. The lowest BCUT2D eigenvalue weighted by atomic mass is 9.92. The van der Waals surface area contributed by atoms with Crippen molar-refractivity contribution in [3.8, 4) is 0 Å². The van der Waals surface area contributed by atoms with Crippen LogP contribution in [0.4, 0.5) is 5.69 Å². The number of nitrogens with one attached hydrogen (secondary N) is 1. The SMILES string of the molecule is CCCCN1CC(CC)(CC)NCc2ccccc21. The Kier molecular flexibility index (Phi) is 4.87. The second-order valence-electron chi connectivity index (χ2n) is 5.74. The number of unbranched alkanes of at least 4 members (excludes halogenated alkanes) is 1. The Morgan fingerprint density at radius 1 is 1.16 bits per heavy atom. The van der Waals surface area contributed by atoms with Crippen LogP contribution in [0.2, 0.25) is 0 Å². The summed E-state index contributed by atoms with van der Waals surface area (Å²) in [6.07, 6.45) is 4.93. The Morgan fingerprint density at radius 3 is 2.58 bits per heavy atom. The topological polar surface area (TPSA) is 15.3 Å². The molecule has 0 saturated heterocycles. The maximum Gasteiger partial charge on any atom is 0.0412 e. The first kappa shape index (κ1) is 14.4. The summed E-state index contributed by atoms with van der Waals surface area (Å²) < 4.78 is 0. The molecule has 2 nitrogen and oxygen atoms in total. The molecular formula is C17H28N2. The summed E-state index contributed by atoms with van der Waals surface area (Å²) in [6.45, 7) is 10.2. The predicted molar refractivity (Wildman–Crippen MR) is 83.7 cm³/mol. The number of nitrogens with zero attached hydrogens (tertiary/aromatic N) is 1. The Balaban J connectivity index is 2.29. The number of anilines is 1. The van der Waals surface area contributed by atoms with Gasteiger partial charge >= 0.3 is 0 Å². The second kappa shape index (κ2) is 6.42. The first-order valence-electron chi connectivity index (χ1n) is 7.82. The van der Waals surface area contributed by atoms with E-state index in [1.165, 1.54) is 43.5 Å². The van der Waals surface area contributed by atoms with Crippen molar-refractivity contribution >= 4 is 5.69 Å². The van der Waals surface area contributed by atoms with Gasteiger partial charge in [0, 0.05) is 30.9 Å². The van der Waals surface area contributed by atoms with E-state index in [4.69, 9.17) is 0 Å². The monoisotopic (exact) mass is 260 g/mol. The second-order valence-corrected chi connectivity index (χ2v) is 5.74. The van der Waals surface area contributed by atoms with Crippen LogP contribution in [0.5, 0.6) is 0 Å². The fourth-order valence-corrected chi connectivity index (χ4v) is 3.03. The lowest BCUT2D eigenvalue weighted by molar-refractivity contribution is 0.307. The molecule has 1 aliphatic rings. The van der Waals surface area contributed by atoms with Gasteiger partial charge in [0.15, 0.2) is 0 Å². The summed E-state index contributed by atoms with van der Waals surface area (Å²) in [4.78, 5) is 2.60. The third-order valence-corrected chi connectivity index (χ3v) is 4.61. The van der Waals surface area contributed by atoms with Gasteiger partial charge in [0.25, 0.3) is 0 Å². The first-order chi connectivity index (χ1) is 9.24. The molecule has 19 heavy (non-hydrogen) atoms. The van der Waals surface area contributed by atoms with Crippen molar-refractivity contribution in [3.05, 3.63) is 29.8 Å². The molecule has 0 saturated carbocycles. The fourth-order valence-electron chi connectivity index (χ4n) is 3.03. The summed E-state index contributed by atoms with van der Waals surface area (Å²) in [7, 11) is 0. The lowest BCUT2D eigenvalue weighted by Gasteiger charge is -2.36. The van der Waals surface area contributed by atoms with E-state index in [1.807, 2.05) is 0 Å². The molecule has 2 rings (SSSR count). The van der Waals surface area contributed by atoms with Crippen molar-refractivity contribution in [2.45, 2.75) is 58.5 Å². The van der Waals surface area contributed by atoms with Crippen molar-refractivity contribution in [1.29, 1.82) is 0 Å². The Hall–Kier alpha value is -1.02. The van der Waals surface area contributed by atoms with Gasteiger partial charge in [-0.3, -0.25) is 0 Å². The maximum absolute atomic E-state index is 3.82. The van der Waals surface area contributed by atoms with Gasteiger partial charge in [-0.15, -0.1) is 0 Å². The van der Waals surface area contributed by atoms with Crippen molar-refractivity contribution in [1.82, 2.24) is 5.32 Å². The molecule has 2 heteroatoms. The van der Waals surface area contributed by atoms with Gasteiger partial charge in [0.2, 0.25) is 0 Å². The van der Waals surface area contributed by atoms with Crippen LogP contribution < -0.4 is 10.2 Å². The average molecular weight is 260 g/mol. The third kappa shape index (κ3) is 3.11. The smallest absolute Gasteiger partial charge is 0.0412 e. The quantitative estimate of drug-likeness (QED) is 0.862. The maximum atomic E-state index is 3.82. The van der Waals surface area contributed by atoms with E-state index in [0.29, 0.717) is 0 Å². The third-order valence-electron chi connectivity index (χ3n) is 4.61. The standard InChI is InChI=1S/C17H28N2/c1-4-7-12-19-14-17(5-2,6-3)18-13-15-10-8-9-11-16(15)19/h8-11,18H,4-7,12-14H2,1-3H3. The van der Waals surface area contributed by atoms with Crippen molar-refractivity contribution in [2.24, 2.45) is 0 Å². The molecule has 0 radical (unpaired) electrons. The molecule has 1 aliphatic heterocycles. The molecule has 1 aromatic rings. The highest BCUT2D eigenvalue weighted by atomic mass is 15.2. The van der Waals surface area contributed by atoms with E-state index in [-0.39, 0.29) is 5.54 Å². The molecule has 1 N–H and O–H groups in total. The number of hydrogen-bond acceptors (Lipinski definition) is 2. The highest BCUT2D eigenvalue weighted by molar-refractivity contribution is 5.55. The van der Waals surface area contributed by atoms with E-state index < -0.39 is 0 Å². The van der Waals surface area contributed by atoms with Crippen LogP contribution in [0.25, 0.3) is 0 Å². The Morgan fingerprint density at radius 2 is 1.89 bits per heavy atom. The predicted octanol–water partition coefficient (Wildman–Crippen LogP) is 3.96. The van der Waals surface area contributed by atoms with Gasteiger partial charge < -0.3 is 10.2 Å². The Bertz CT molecular complexity index is 396. The molecule has 106 valence electrons. The molecule has 0 atom stereocenters. The number of fused-ring (bicyclic) bond motifs is 1. The molecule has 0 amide bonds. The summed E-state index contributed by atoms with van der Waals surface area (Å²) >= 11 is 0. The summed E-state index contributed by atoms with van der Waals surface area (Å²) in [5, 5.41) is 3.82. The molecule has 0 unspecified atom stereocenters. The van der Waals surface area contributed by atoms with E-state index in [1.54, 1.807) is 0 Å². The van der Waals surface area contributed by atoms with E-state index in [2.05, 4.69) is 55.3 Å². The minimum Gasteiger partial charge on any atom is -0.369 e. The first-order valence-corrected chi connectivity index (χ1v) is 7.82. The number of hydrogen-bond donors (Lipinski definition) is 1. The zero-order valence-electron chi connectivity index (χ0n) is 12.7. The highest BCUT2D eigenvalue weighted by Crippen LogP contribution is 2.29. The number of rotatable bonds is 5. The Labute approximate surface area is 118 Å². The van der Waals surface area contributed by atoms with Crippen LogP contribution in [0.15, 0.2) is 24.3 Å². The molecule has 0 bridgehead atoms. The summed E-state index contributed by atoms with van der Waals surface area (Å²) in [5.74, 6) is 0. The van der Waals surface area contributed by atoms with Crippen LogP contribution in [-0.2, 0) is 6.54 Å². The van der Waals surface area contributed by atoms with Crippen LogP contribution in [-0.4, -0.2) is 18.6 Å². The molecule has 0 fully saturated rings. The van der Waals surface area contributed by atoms with Gasteiger partial charge in [0.05, 0.1) is 0 Å². The molecule has 0 spiro atoms. The average Bonchev–Trinajstić information content (AvgIpc) is 2.63. The van der Waals surface area contributed by atoms with Gasteiger partial charge in [0.1, 0.15) is 0 Å². The van der Waals surface area contributed by atoms with Crippen molar-refractivity contribution in [3.63, 3.8) is 0 Å². The van der Waals surface area contributed by atoms with Crippen molar-refractivity contribution < 1.29 is 0 Å². The lowest BCUT2D eigenvalue weighted by Crippen LogP contribution is -2.51. The fraction of sp³-hybridized carbons (Fsp3) is 0.647. The zero-order chi connectivity index (χ0) is 13.7. The van der Waals surface area contributed by atoms with Gasteiger partial charge in [-0.2, -0.15) is 0 Å². The van der Waals surface area contributed by atoms with Crippen LogP contribution in [0.3, 0.4) is 0 Å². The van der Waals surface area contributed by atoms with Crippen molar-refractivity contribution in [2.75, 3.05) is 18.0 Å². The number of para-hydroxylation sites is 1. The van der Waals surface area contributed by atoms with E-state index >= 15 is 0 Å². The highest BCUT2D eigenvalue weighted by Gasteiger charge is 2.31. The molecular weight excluding hydrogens is 232 g/mol. The molecule has 1 heterocycles. The zero-order valence-corrected chi connectivity index (χ0v) is 12.7. The minimum atomic E-state index is 0.271. The van der Waals surface area contributed by atoms with Crippen LogP contribution in [0.1, 0.15) is 52.0 Å². The normalized spacial score (nSPS) is 17.9. The van der Waals surface area contributed by atoms with Gasteiger partial charge in [-0.05, 0) is 30.9 Å². The molecule has 1 aromatic carbocycles.